The Hall–Kier alpha value is -2.67. The molecule has 4 fully saturated rings. The minimum absolute atomic E-state index is 0.204. The van der Waals surface area contributed by atoms with Crippen molar-refractivity contribution in [3.05, 3.63) is 65.5 Å². The second-order valence-corrected chi connectivity index (χ2v) is 11.2. The molecular formula is C28H32N2O2. The minimum Gasteiger partial charge on any atom is -0.457 e. The number of nitriles is 1. The average molecular weight is 429 g/mol. The van der Waals surface area contributed by atoms with Crippen molar-refractivity contribution in [3.63, 3.8) is 0 Å². The highest BCUT2D eigenvalue weighted by Crippen LogP contribution is 2.84. The number of nitrogens with zero attached hydrogens (tertiary/aromatic N) is 2. The van der Waals surface area contributed by atoms with Crippen LogP contribution in [-0.2, 0) is 16.8 Å². The first-order valence-electron chi connectivity index (χ1n) is 11.8. The minimum atomic E-state index is -0.307. The van der Waals surface area contributed by atoms with Crippen molar-refractivity contribution in [1.82, 2.24) is 4.98 Å². The van der Waals surface area contributed by atoms with Crippen LogP contribution in [0.25, 0.3) is 0 Å². The number of benzene rings is 1. The number of esters is 1. The van der Waals surface area contributed by atoms with E-state index >= 15 is 0 Å². The lowest BCUT2D eigenvalue weighted by molar-refractivity contribution is -0.251. The lowest BCUT2D eigenvalue weighted by Gasteiger charge is -2.78. The summed E-state index contributed by atoms with van der Waals surface area (Å²) in [4.78, 5) is 16.9. The predicted octanol–water partition coefficient (Wildman–Crippen LogP) is 6.22. The quantitative estimate of drug-likeness (QED) is 0.513. The van der Waals surface area contributed by atoms with Crippen molar-refractivity contribution in [1.29, 1.82) is 5.26 Å². The third-order valence-electron chi connectivity index (χ3n) is 9.72. The number of ether oxygens (including phenoxy) is 1. The fourth-order valence-electron chi connectivity index (χ4n) is 7.29. The maximum Gasteiger partial charge on any atom is 0.338 e. The topological polar surface area (TPSA) is 63.0 Å². The molecule has 1 heterocycles. The first-order valence-corrected chi connectivity index (χ1v) is 11.8. The number of hydrogen-bond acceptors (Lipinski definition) is 4. The summed E-state index contributed by atoms with van der Waals surface area (Å²) in [5, 5.41) is 9.27. The van der Waals surface area contributed by atoms with E-state index in [0.29, 0.717) is 28.7 Å². The van der Waals surface area contributed by atoms with Gasteiger partial charge in [0.2, 0.25) is 0 Å². The van der Waals surface area contributed by atoms with Crippen LogP contribution in [0.3, 0.4) is 0 Å². The molecular weight excluding hydrogens is 396 g/mol. The van der Waals surface area contributed by atoms with Gasteiger partial charge in [0.05, 0.1) is 11.6 Å². The molecule has 2 aromatic rings. The van der Waals surface area contributed by atoms with Crippen LogP contribution in [0.15, 0.2) is 48.7 Å². The van der Waals surface area contributed by atoms with Crippen molar-refractivity contribution in [3.8, 4) is 6.07 Å². The summed E-state index contributed by atoms with van der Waals surface area (Å²) in [5.41, 5.74) is 3.81. The molecule has 2 bridgehead atoms. The van der Waals surface area contributed by atoms with E-state index in [0.717, 1.165) is 5.56 Å². The molecule has 4 saturated carbocycles. The normalized spacial score (nSPS) is 34.1. The van der Waals surface area contributed by atoms with Gasteiger partial charge in [-0.3, -0.25) is 4.98 Å². The highest BCUT2D eigenvalue weighted by molar-refractivity contribution is 5.89. The Balaban J connectivity index is 1.22. The number of carbonyl (C=O) groups is 1. The number of rotatable bonds is 6. The molecule has 0 radical (unpaired) electrons. The molecule has 0 aliphatic heterocycles. The van der Waals surface area contributed by atoms with Crippen LogP contribution in [0, 0.1) is 33.5 Å². The van der Waals surface area contributed by atoms with Crippen LogP contribution in [0.4, 0.5) is 0 Å². The van der Waals surface area contributed by atoms with Gasteiger partial charge in [0.25, 0.3) is 0 Å². The Morgan fingerprint density at radius 2 is 1.84 bits per heavy atom. The SMILES string of the molecule is CC1(C)C(CC#N)CCC1(C)C12CC(c3ccc(COC(=O)c4ccccc4)cn3)(C1)C2. The number of hydrogen-bond donors (Lipinski definition) is 0. The van der Waals surface area contributed by atoms with Gasteiger partial charge in [0, 0.05) is 29.3 Å². The molecule has 4 heteroatoms. The molecule has 0 spiro atoms. The van der Waals surface area contributed by atoms with E-state index in [9.17, 15) is 10.1 Å². The molecule has 0 amide bonds. The maximum absolute atomic E-state index is 12.2. The summed E-state index contributed by atoms with van der Waals surface area (Å²) >= 11 is 0. The van der Waals surface area contributed by atoms with Gasteiger partial charge >= 0.3 is 5.97 Å². The van der Waals surface area contributed by atoms with Crippen LogP contribution < -0.4 is 0 Å². The zero-order chi connectivity index (χ0) is 22.6. The number of carbonyl (C=O) groups excluding carboxylic acids is 1. The third kappa shape index (κ3) is 2.86. The van der Waals surface area contributed by atoms with E-state index in [2.05, 4.69) is 39.0 Å². The summed E-state index contributed by atoms with van der Waals surface area (Å²) in [6.45, 7) is 7.53. The summed E-state index contributed by atoms with van der Waals surface area (Å²) in [6, 6.07) is 15.7. The molecule has 2 unspecified atom stereocenters. The molecule has 1 aromatic heterocycles. The zero-order valence-corrected chi connectivity index (χ0v) is 19.4. The van der Waals surface area contributed by atoms with Crippen LogP contribution in [0.5, 0.6) is 0 Å². The summed E-state index contributed by atoms with van der Waals surface area (Å²) < 4.78 is 5.44. The standard InChI is InChI=1S/C28H32N2O2/c1-25(2)22(12-14-29)11-13-26(25,3)28-17-27(18-28,19-28)23-10-9-20(15-30-23)16-32-24(31)21-7-5-4-6-8-21/h4-10,15,22H,11-13,16-19H2,1-3H3. The van der Waals surface area contributed by atoms with Gasteiger partial charge in [0.1, 0.15) is 6.61 Å². The highest BCUT2D eigenvalue weighted by atomic mass is 16.5. The van der Waals surface area contributed by atoms with Crippen molar-refractivity contribution in [2.45, 2.75) is 71.3 Å². The summed E-state index contributed by atoms with van der Waals surface area (Å²) in [6.07, 6.45) is 8.62. The molecule has 2 atom stereocenters. The molecule has 1 aromatic carbocycles. The smallest absolute Gasteiger partial charge is 0.338 e. The Morgan fingerprint density at radius 1 is 1.12 bits per heavy atom. The van der Waals surface area contributed by atoms with Gasteiger partial charge in [-0.25, -0.2) is 4.79 Å². The van der Waals surface area contributed by atoms with E-state index < -0.39 is 0 Å². The van der Waals surface area contributed by atoms with Crippen LogP contribution in [-0.4, -0.2) is 11.0 Å². The predicted molar refractivity (Wildman–Crippen MR) is 123 cm³/mol. The molecule has 166 valence electrons. The summed E-state index contributed by atoms with van der Waals surface area (Å²) in [7, 11) is 0. The lowest BCUT2D eigenvalue weighted by atomic mass is 9.26. The Kier molecular flexibility index (Phi) is 4.75. The van der Waals surface area contributed by atoms with Gasteiger partial charge in [-0.15, -0.1) is 0 Å². The Labute approximate surface area is 191 Å². The molecule has 4 aliphatic rings. The largest absolute Gasteiger partial charge is 0.457 e. The summed E-state index contributed by atoms with van der Waals surface area (Å²) in [5.74, 6) is 0.205. The zero-order valence-electron chi connectivity index (χ0n) is 19.4. The van der Waals surface area contributed by atoms with Gasteiger partial charge in [0.15, 0.2) is 0 Å². The second kappa shape index (κ2) is 7.17. The maximum atomic E-state index is 12.2. The highest BCUT2D eigenvalue weighted by Gasteiger charge is 2.77. The van der Waals surface area contributed by atoms with E-state index in [1.807, 2.05) is 24.4 Å². The van der Waals surface area contributed by atoms with E-state index in [4.69, 9.17) is 9.72 Å². The molecule has 4 nitrogen and oxygen atoms in total. The molecule has 0 N–H and O–H groups in total. The first kappa shape index (κ1) is 21.2. The van der Waals surface area contributed by atoms with Crippen LogP contribution in [0.2, 0.25) is 0 Å². The van der Waals surface area contributed by atoms with Gasteiger partial charge in [-0.1, -0.05) is 45.0 Å². The lowest BCUT2D eigenvalue weighted by Crippen LogP contribution is -2.72. The second-order valence-electron chi connectivity index (χ2n) is 11.2. The fraction of sp³-hybridized carbons (Fsp3) is 0.536. The Bertz CT molecular complexity index is 1050. The molecule has 4 aliphatic carbocycles. The molecule has 0 saturated heterocycles. The first-order chi connectivity index (χ1) is 15.3. The molecule has 32 heavy (non-hydrogen) atoms. The van der Waals surface area contributed by atoms with Gasteiger partial charge < -0.3 is 4.74 Å². The van der Waals surface area contributed by atoms with Gasteiger partial charge in [-0.05, 0) is 72.5 Å². The number of aromatic nitrogens is 1. The van der Waals surface area contributed by atoms with E-state index in [1.165, 1.54) is 37.8 Å². The average Bonchev–Trinajstić information content (AvgIpc) is 2.96. The molecule has 6 rings (SSSR count). The van der Waals surface area contributed by atoms with Gasteiger partial charge in [-0.2, -0.15) is 5.26 Å². The Morgan fingerprint density at radius 3 is 2.47 bits per heavy atom. The van der Waals surface area contributed by atoms with Crippen LogP contribution >= 0.6 is 0 Å². The van der Waals surface area contributed by atoms with Crippen molar-refractivity contribution in [2.24, 2.45) is 22.2 Å². The van der Waals surface area contributed by atoms with Crippen molar-refractivity contribution < 1.29 is 9.53 Å². The number of pyridine rings is 1. The van der Waals surface area contributed by atoms with Crippen LogP contribution in [0.1, 0.15) is 80.9 Å². The van der Waals surface area contributed by atoms with Crippen molar-refractivity contribution >= 4 is 5.97 Å². The monoisotopic (exact) mass is 428 g/mol. The fourth-order valence-corrected chi connectivity index (χ4v) is 7.29. The third-order valence-corrected chi connectivity index (χ3v) is 9.72. The van der Waals surface area contributed by atoms with Crippen molar-refractivity contribution in [2.75, 3.05) is 0 Å². The van der Waals surface area contributed by atoms with E-state index in [-0.39, 0.29) is 23.4 Å². The van der Waals surface area contributed by atoms with E-state index in [1.54, 1.807) is 12.1 Å².